The van der Waals surface area contributed by atoms with Crippen LogP contribution in [-0.4, -0.2) is 34.8 Å². The molecular formula is C19H21N3O4. The minimum absolute atomic E-state index is 0.168. The Hall–Kier alpha value is -2.83. The van der Waals surface area contributed by atoms with Crippen molar-refractivity contribution >= 4 is 28.8 Å². The van der Waals surface area contributed by atoms with Crippen LogP contribution in [0.2, 0.25) is 0 Å². The Balaban J connectivity index is 1.42. The number of hydrogen-bond donors (Lipinski definition) is 2. The van der Waals surface area contributed by atoms with Crippen LogP contribution in [0, 0.1) is 5.92 Å². The van der Waals surface area contributed by atoms with Gasteiger partial charge in [0.15, 0.2) is 0 Å². The summed E-state index contributed by atoms with van der Waals surface area (Å²) < 4.78 is 5.74. The Morgan fingerprint density at radius 1 is 1.38 bits per heavy atom. The number of urea groups is 1. The minimum Gasteiger partial charge on any atom is -0.459 e. The van der Waals surface area contributed by atoms with Crippen molar-refractivity contribution in [3.63, 3.8) is 0 Å². The predicted molar refractivity (Wildman–Crippen MR) is 94.1 cm³/mol. The van der Waals surface area contributed by atoms with E-state index < -0.39 is 17.5 Å². The van der Waals surface area contributed by atoms with Crippen LogP contribution >= 0.6 is 0 Å². The first kappa shape index (κ1) is 16.6. The van der Waals surface area contributed by atoms with Crippen molar-refractivity contribution in [3.8, 4) is 0 Å². The van der Waals surface area contributed by atoms with Crippen molar-refractivity contribution in [3.05, 3.63) is 36.1 Å². The van der Waals surface area contributed by atoms with Gasteiger partial charge >= 0.3 is 6.03 Å². The summed E-state index contributed by atoms with van der Waals surface area (Å²) in [5.74, 6) is 0.0686. The molecule has 0 radical (unpaired) electrons. The quantitative estimate of drug-likeness (QED) is 0.805. The van der Waals surface area contributed by atoms with Gasteiger partial charge in [0, 0.05) is 5.39 Å². The molecule has 2 fully saturated rings. The number of benzene rings is 1. The number of fused-ring (bicyclic) bond motifs is 1. The van der Waals surface area contributed by atoms with Crippen LogP contribution in [0.1, 0.15) is 38.5 Å². The van der Waals surface area contributed by atoms with Crippen molar-refractivity contribution in [2.45, 2.75) is 38.3 Å². The fraction of sp³-hybridized carbons (Fsp3) is 0.421. The largest absolute Gasteiger partial charge is 0.459 e. The van der Waals surface area contributed by atoms with Crippen LogP contribution in [-0.2, 0) is 9.59 Å². The number of carbonyl (C=O) groups excluding carboxylic acids is 3. The molecule has 2 aromatic rings. The smallest absolute Gasteiger partial charge is 0.325 e. The number of amides is 4. The second-order valence-electron chi connectivity index (χ2n) is 7.27. The summed E-state index contributed by atoms with van der Waals surface area (Å²) in [6.45, 7) is 3.24. The van der Waals surface area contributed by atoms with E-state index in [0.717, 1.165) is 28.7 Å². The summed E-state index contributed by atoms with van der Waals surface area (Å²) in [5.41, 5.74) is -0.125. The Morgan fingerprint density at radius 2 is 2.12 bits per heavy atom. The second-order valence-corrected chi connectivity index (χ2v) is 7.27. The molecule has 0 spiro atoms. The molecule has 7 nitrogen and oxygen atoms in total. The van der Waals surface area contributed by atoms with Gasteiger partial charge in [-0.3, -0.25) is 14.5 Å². The van der Waals surface area contributed by atoms with Gasteiger partial charge in [0.1, 0.15) is 23.4 Å². The molecule has 26 heavy (non-hydrogen) atoms. The third-order valence-electron chi connectivity index (χ3n) is 5.25. The van der Waals surface area contributed by atoms with Gasteiger partial charge in [0.2, 0.25) is 5.91 Å². The van der Waals surface area contributed by atoms with Gasteiger partial charge in [-0.15, -0.1) is 0 Å². The first-order valence-electron chi connectivity index (χ1n) is 8.80. The molecule has 2 N–H and O–H groups in total. The molecule has 1 aliphatic carbocycles. The Labute approximate surface area is 150 Å². The van der Waals surface area contributed by atoms with E-state index in [4.69, 9.17) is 4.42 Å². The molecule has 2 aliphatic rings. The van der Waals surface area contributed by atoms with Gasteiger partial charge in [-0.05, 0) is 44.7 Å². The molecule has 7 heteroatoms. The molecule has 136 valence electrons. The van der Waals surface area contributed by atoms with Crippen LogP contribution in [0.4, 0.5) is 4.79 Å². The van der Waals surface area contributed by atoms with E-state index in [0.29, 0.717) is 5.76 Å². The highest BCUT2D eigenvalue weighted by atomic mass is 16.3. The lowest BCUT2D eigenvalue weighted by molar-refractivity contribution is -0.135. The number of nitrogens with zero attached hydrogens (tertiary/aromatic N) is 1. The minimum atomic E-state index is -0.873. The number of rotatable bonds is 5. The fourth-order valence-corrected chi connectivity index (χ4v) is 3.51. The van der Waals surface area contributed by atoms with E-state index in [9.17, 15) is 14.4 Å². The van der Waals surface area contributed by atoms with E-state index in [2.05, 4.69) is 10.6 Å². The van der Waals surface area contributed by atoms with Crippen LogP contribution in [0.25, 0.3) is 11.0 Å². The number of furan rings is 1. The van der Waals surface area contributed by atoms with Crippen LogP contribution in [0.5, 0.6) is 0 Å². The Bertz CT molecular complexity index is 868. The van der Waals surface area contributed by atoms with Gasteiger partial charge < -0.3 is 15.1 Å². The van der Waals surface area contributed by atoms with Gasteiger partial charge in [0.25, 0.3) is 5.91 Å². The molecule has 2 unspecified atom stereocenters. The molecule has 1 saturated heterocycles. The van der Waals surface area contributed by atoms with E-state index in [1.165, 1.54) is 0 Å². The highest BCUT2D eigenvalue weighted by Crippen LogP contribution is 2.42. The SMILES string of the molecule is CC(NC(=O)CN1C(=O)NC(C)(C2CC2)C1=O)c1cc2ccccc2o1. The molecule has 4 amide bonds. The van der Waals surface area contributed by atoms with Crippen molar-refractivity contribution in [2.24, 2.45) is 5.92 Å². The molecule has 1 aromatic carbocycles. The normalized spacial score (nSPS) is 24.0. The lowest BCUT2D eigenvalue weighted by Gasteiger charge is -2.21. The highest BCUT2D eigenvalue weighted by Gasteiger charge is 2.56. The lowest BCUT2D eigenvalue weighted by Crippen LogP contribution is -2.47. The van der Waals surface area contributed by atoms with E-state index >= 15 is 0 Å². The zero-order valence-corrected chi connectivity index (χ0v) is 14.7. The average Bonchev–Trinajstić information content (AvgIpc) is 3.33. The summed E-state index contributed by atoms with van der Waals surface area (Å²) in [6, 6.07) is 8.59. The molecular weight excluding hydrogens is 334 g/mol. The maximum atomic E-state index is 12.6. The number of carbonyl (C=O) groups is 3. The summed E-state index contributed by atoms with van der Waals surface area (Å²) in [6.07, 6.45) is 1.84. The van der Waals surface area contributed by atoms with Crippen molar-refractivity contribution < 1.29 is 18.8 Å². The average molecular weight is 355 g/mol. The van der Waals surface area contributed by atoms with Crippen molar-refractivity contribution in [1.82, 2.24) is 15.5 Å². The molecule has 0 bridgehead atoms. The number of para-hydroxylation sites is 1. The third kappa shape index (κ3) is 2.73. The maximum Gasteiger partial charge on any atom is 0.325 e. The summed E-state index contributed by atoms with van der Waals surface area (Å²) in [7, 11) is 0. The summed E-state index contributed by atoms with van der Waals surface area (Å²) in [5, 5.41) is 6.49. The Morgan fingerprint density at radius 3 is 2.81 bits per heavy atom. The van der Waals surface area contributed by atoms with E-state index in [1.54, 1.807) is 13.8 Å². The standard InChI is InChI=1S/C19H21N3O4/c1-11(15-9-12-5-3-4-6-14(12)26-15)20-16(23)10-22-17(24)19(2,13-7-8-13)21-18(22)25/h3-6,9,11,13H,7-8,10H2,1-2H3,(H,20,23)(H,21,25). The number of nitrogens with one attached hydrogen (secondary N) is 2. The van der Waals surface area contributed by atoms with Crippen molar-refractivity contribution in [1.29, 1.82) is 0 Å². The molecule has 2 heterocycles. The number of hydrogen-bond acceptors (Lipinski definition) is 4. The topological polar surface area (TPSA) is 91.7 Å². The van der Waals surface area contributed by atoms with Crippen LogP contribution < -0.4 is 10.6 Å². The maximum absolute atomic E-state index is 12.6. The molecule has 1 aliphatic heterocycles. The molecule has 4 rings (SSSR count). The van der Waals surface area contributed by atoms with Gasteiger partial charge in [0.05, 0.1) is 6.04 Å². The molecule has 1 saturated carbocycles. The van der Waals surface area contributed by atoms with E-state index in [-0.39, 0.29) is 24.4 Å². The predicted octanol–water partition coefficient (Wildman–Crippen LogP) is 2.33. The second kappa shape index (κ2) is 5.86. The first-order valence-corrected chi connectivity index (χ1v) is 8.80. The molecule has 1 aromatic heterocycles. The fourth-order valence-electron chi connectivity index (χ4n) is 3.51. The summed E-state index contributed by atoms with van der Waals surface area (Å²) in [4.78, 5) is 38.1. The monoisotopic (exact) mass is 355 g/mol. The Kier molecular flexibility index (Phi) is 3.75. The lowest BCUT2D eigenvalue weighted by atomic mass is 9.96. The van der Waals surface area contributed by atoms with Crippen LogP contribution in [0.3, 0.4) is 0 Å². The summed E-state index contributed by atoms with van der Waals surface area (Å²) >= 11 is 0. The highest BCUT2D eigenvalue weighted by molar-refractivity contribution is 6.09. The van der Waals surface area contributed by atoms with E-state index in [1.807, 2.05) is 30.3 Å². The zero-order chi connectivity index (χ0) is 18.5. The van der Waals surface area contributed by atoms with Crippen LogP contribution in [0.15, 0.2) is 34.7 Å². The first-order chi connectivity index (χ1) is 12.4. The van der Waals surface area contributed by atoms with Gasteiger partial charge in [-0.2, -0.15) is 0 Å². The zero-order valence-electron chi connectivity index (χ0n) is 14.7. The third-order valence-corrected chi connectivity index (χ3v) is 5.25. The molecule has 2 atom stereocenters. The van der Waals surface area contributed by atoms with Gasteiger partial charge in [-0.1, -0.05) is 18.2 Å². The van der Waals surface area contributed by atoms with Crippen molar-refractivity contribution in [2.75, 3.05) is 6.54 Å². The number of imide groups is 1. The van der Waals surface area contributed by atoms with Gasteiger partial charge in [-0.25, -0.2) is 4.79 Å².